The predicted molar refractivity (Wildman–Crippen MR) is 69.1 cm³/mol. The molecule has 1 rings (SSSR count). The van der Waals surface area contributed by atoms with E-state index in [2.05, 4.69) is 34.9 Å². The summed E-state index contributed by atoms with van der Waals surface area (Å²) < 4.78 is 2.92. The van der Waals surface area contributed by atoms with Gasteiger partial charge in [0.15, 0.2) is 4.77 Å². The number of hydrogen-bond acceptors (Lipinski definition) is 3. The number of aromatic nitrogens is 3. The van der Waals surface area contributed by atoms with Crippen LogP contribution in [0.25, 0.3) is 0 Å². The lowest BCUT2D eigenvalue weighted by Crippen LogP contribution is -2.10. The summed E-state index contributed by atoms with van der Waals surface area (Å²) >= 11 is 7.13. The summed E-state index contributed by atoms with van der Waals surface area (Å²) in [5.41, 5.74) is 0. The first-order chi connectivity index (χ1) is 7.20. The van der Waals surface area contributed by atoms with Gasteiger partial charge in [-0.1, -0.05) is 6.92 Å². The fourth-order valence-electron chi connectivity index (χ4n) is 1.61. The van der Waals surface area contributed by atoms with E-state index in [0.717, 1.165) is 29.9 Å². The van der Waals surface area contributed by atoms with Gasteiger partial charge in [0.05, 0.1) is 0 Å². The Bertz CT molecular complexity index is 343. The van der Waals surface area contributed by atoms with Crippen LogP contribution < -0.4 is 0 Å². The summed E-state index contributed by atoms with van der Waals surface area (Å²) in [7, 11) is 0. The molecule has 0 amide bonds. The second-order valence-corrected chi connectivity index (χ2v) is 5.07. The highest BCUT2D eigenvalue weighted by Crippen LogP contribution is 2.16. The van der Waals surface area contributed by atoms with Gasteiger partial charge in [-0.15, -0.1) is 0 Å². The maximum Gasteiger partial charge on any atom is 0.195 e. The number of aromatic amines is 1. The quantitative estimate of drug-likeness (QED) is 0.781. The van der Waals surface area contributed by atoms with Crippen LogP contribution in [0, 0.1) is 4.77 Å². The van der Waals surface area contributed by atoms with Crippen molar-refractivity contribution in [2.45, 2.75) is 39.2 Å². The van der Waals surface area contributed by atoms with Crippen LogP contribution in [0.3, 0.4) is 0 Å². The SMILES string of the molecule is CCCc1n[nH]c(=S)n1C(C)CCSC. The Hall–Kier alpha value is -0.290. The number of thioether (sulfide) groups is 1. The minimum atomic E-state index is 0.449. The molecule has 86 valence electrons. The Morgan fingerprint density at radius 2 is 2.33 bits per heavy atom. The number of H-pyrrole nitrogens is 1. The average Bonchev–Trinajstić information content (AvgIpc) is 2.57. The molecule has 5 heteroatoms. The van der Waals surface area contributed by atoms with Gasteiger partial charge >= 0.3 is 0 Å². The van der Waals surface area contributed by atoms with E-state index in [9.17, 15) is 0 Å². The van der Waals surface area contributed by atoms with Gasteiger partial charge in [0.1, 0.15) is 5.82 Å². The van der Waals surface area contributed by atoms with Crippen molar-refractivity contribution in [1.82, 2.24) is 14.8 Å². The number of hydrogen-bond donors (Lipinski definition) is 1. The topological polar surface area (TPSA) is 33.6 Å². The summed E-state index contributed by atoms with van der Waals surface area (Å²) in [4.78, 5) is 0. The highest BCUT2D eigenvalue weighted by Gasteiger charge is 2.11. The zero-order valence-corrected chi connectivity index (χ0v) is 11.2. The maximum absolute atomic E-state index is 5.25. The normalized spacial score (nSPS) is 13.0. The molecule has 3 nitrogen and oxygen atoms in total. The summed E-state index contributed by atoms with van der Waals surface area (Å²) in [5, 5.41) is 7.16. The van der Waals surface area contributed by atoms with Crippen LogP contribution >= 0.6 is 24.0 Å². The minimum absolute atomic E-state index is 0.449. The smallest absolute Gasteiger partial charge is 0.195 e. The molecule has 0 radical (unpaired) electrons. The number of nitrogens with zero attached hydrogens (tertiary/aromatic N) is 2. The van der Waals surface area contributed by atoms with Crippen LogP contribution in [0.4, 0.5) is 0 Å². The van der Waals surface area contributed by atoms with E-state index in [-0.39, 0.29) is 0 Å². The van der Waals surface area contributed by atoms with E-state index in [4.69, 9.17) is 12.2 Å². The molecule has 1 heterocycles. The monoisotopic (exact) mass is 245 g/mol. The minimum Gasteiger partial charge on any atom is -0.301 e. The maximum atomic E-state index is 5.25. The second kappa shape index (κ2) is 6.33. The Morgan fingerprint density at radius 1 is 1.60 bits per heavy atom. The predicted octanol–water partition coefficient (Wildman–Crippen LogP) is 3.21. The molecule has 1 atom stereocenters. The third-order valence-electron chi connectivity index (χ3n) is 2.43. The second-order valence-electron chi connectivity index (χ2n) is 3.70. The van der Waals surface area contributed by atoms with Crippen molar-refractivity contribution >= 4 is 24.0 Å². The van der Waals surface area contributed by atoms with Gasteiger partial charge in [-0.2, -0.15) is 16.9 Å². The molecule has 1 N–H and O–H groups in total. The standard InChI is InChI=1S/C10H19N3S2/c1-4-5-9-11-12-10(14)13(9)8(2)6-7-15-3/h8H,4-7H2,1-3H3,(H,12,14). The van der Waals surface area contributed by atoms with E-state index < -0.39 is 0 Å². The Balaban J connectivity index is 2.80. The molecule has 0 saturated heterocycles. The highest BCUT2D eigenvalue weighted by molar-refractivity contribution is 7.98. The van der Waals surface area contributed by atoms with Crippen molar-refractivity contribution in [3.63, 3.8) is 0 Å². The number of rotatable bonds is 6. The van der Waals surface area contributed by atoms with Gasteiger partial charge in [0, 0.05) is 12.5 Å². The van der Waals surface area contributed by atoms with Crippen molar-refractivity contribution in [2.24, 2.45) is 0 Å². The molecule has 0 bridgehead atoms. The Morgan fingerprint density at radius 3 is 2.93 bits per heavy atom. The molecule has 0 saturated carbocycles. The first kappa shape index (κ1) is 12.8. The molecule has 0 fully saturated rings. The van der Waals surface area contributed by atoms with Gasteiger partial charge in [0.2, 0.25) is 0 Å². The van der Waals surface area contributed by atoms with Crippen LogP contribution in [-0.4, -0.2) is 26.8 Å². The first-order valence-electron chi connectivity index (χ1n) is 5.35. The fraction of sp³-hybridized carbons (Fsp3) is 0.800. The zero-order valence-electron chi connectivity index (χ0n) is 9.62. The molecular weight excluding hydrogens is 226 g/mol. The van der Waals surface area contributed by atoms with Crippen molar-refractivity contribution in [3.8, 4) is 0 Å². The molecule has 15 heavy (non-hydrogen) atoms. The Kier molecular flexibility index (Phi) is 5.39. The van der Waals surface area contributed by atoms with E-state index in [1.165, 1.54) is 5.75 Å². The fourth-order valence-corrected chi connectivity index (χ4v) is 2.52. The summed E-state index contributed by atoms with van der Waals surface area (Å²) in [6, 6.07) is 0.449. The van der Waals surface area contributed by atoms with Crippen molar-refractivity contribution in [3.05, 3.63) is 10.6 Å². The van der Waals surface area contributed by atoms with Crippen molar-refractivity contribution < 1.29 is 0 Å². The number of nitrogens with one attached hydrogen (secondary N) is 1. The zero-order chi connectivity index (χ0) is 11.3. The van der Waals surface area contributed by atoms with E-state index >= 15 is 0 Å². The lowest BCUT2D eigenvalue weighted by molar-refractivity contribution is 0.504. The van der Waals surface area contributed by atoms with Gasteiger partial charge in [-0.3, -0.25) is 5.10 Å². The van der Waals surface area contributed by atoms with Crippen LogP contribution in [-0.2, 0) is 6.42 Å². The van der Waals surface area contributed by atoms with Gasteiger partial charge in [-0.25, -0.2) is 0 Å². The molecule has 0 aliphatic heterocycles. The Labute approximate surface area is 101 Å². The van der Waals surface area contributed by atoms with Gasteiger partial charge in [-0.05, 0) is 44.0 Å². The molecule has 1 aromatic rings. The van der Waals surface area contributed by atoms with E-state index in [0.29, 0.717) is 6.04 Å². The summed E-state index contributed by atoms with van der Waals surface area (Å²) in [6.07, 6.45) is 5.38. The van der Waals surface area contributed by atoms with Crippen molar-refractivity contribution in [1.29, 1.82) is 0 Å². The molecule has 0 aliphatic carbocycles. The van der Waals surface area contributed by atoms with Gasteiger partial charge < -0.3 is 4.57 Å². The largest absolute Gasteiger partial charge is 0.301 e. The lowest BCUT2D eigenvalue weighted by atomic mass is 10.2. The van der Waals surface area contributed by atoms with E-state index in [1.807, 2.05) is 11.8 Å². The lowest BCUT2D eigenvalue weighted by Gasteiger charge is -2.14. The molecule has 1 unspecified atom stereocenters. The third kappa shape index (κ3) is 3.34. The molecular formula is C10H19N3S2. The van der Waals surface area contributed by atoms with Crippen LogP contribution in [0.2, 0.25) is 0 Å². The third-order valence-corrected chi connectivity index (χ3v) is 3.36. The van der Waals surface area contributed by atoms with Crippen LogP contribution in [0.15, 0.2) is 0 Å². The molecule has 0 aliphatic rings. The molecule has 0 aromatic carbocycles. The van der Waals surface area contributed by atoms with Gasteiger partial charge in [0.25, 0.3) is 0 Å². The van der Waals surface area contributed by atoms with E-state index in [1.54, 1.807) is 0 Å². The van der Waals surface area contributed by atoms with Crippen molar-refractivity contribution in [2.75, 3.05) is 12.0 Å². The van der Waals surface area contributed by atoms with Crippen LogP contribution in [0.5, 0.6) is 0 Å². The summed E-state index contributed by atoms with van der Waals surface area (Å²) in [5.74, 6) is 2.26. The molecule has 0 spiro atoms. The average molecular weight is 245 g/mol. The highest BCUT2D eigenvalue weighted by atomic mass is 32.2. The number of aryl methyl sites for hydroxylation is 1. The first-order valence-corrected chi connectivity index (χ1v) is 7.15. The van der Waals surface area contributed by atoms with Crippen LogP contribution in [0.1, 0.15) is 38.6 Å². The molecule has 1 aromatic heterocycles. The summed E-state index contributed by atoms with van der Waals surface area (Å²) in [6.45, 7) is 4.37.